The summed E-state index contributed by atoms with van der Waals surface area (Å²) >= 11 is 0. The molecule has 4 saturated carbocycles. The van der Waals surface area contributed by atoms with Crippen LogP contribution in [0.3, 0.4) is 0 Å². The minimum absolute atomic E-state index is 0.185. The second-order valence-corrected chi connectivity index (χ2v) is 10.6. The molecule has 1 aliphatic heterocycles. The molecular weight excluding hydrogens is 372 g/mol. The van der Waals surface area contributed by atoms with Crippen LogP contribution in [-0.4, -0.2) is 37.0 Å². The van der Waals surface area contributed by atoms with Crippen molar-refractivity contribution in [3.63, 3.8) is 0 Å². The van der Waals surface area contributed by atoms with Crippen LogP contribution in [-0.2, 0) is 11.3 Å². The van der Waals surface area contributed by atoms with E-state index in [4.69, 9.17) is 4.74 Å². The maximum absolute atomic E-state index is 12.4. The van der Waals surface area contributed by atoms with E-state index in [2.05, 4.69) is 10.2 Å². The van der Waals surface area contributed by atoms with Crippen LogP contribution in [0.4, 0.5) is 0 Å². The maximum atomic E-state index is 12.4. The standard InChI is InChI=1S/C26H38N2O2/c1-30-24-6-2-4-19(15-24)16-27-25(29)8-7-18-5-3-9-28(17-18)26-22-11-20-10-21(13-22)14-23(26)12-20/h2,4,6,15,18,20-23,26H,3,5,7-14,16-17H2,1H3,(H,27,29)/t18-,20?,21?,22?,23?,26?/m1/s1. The molecule has 30 heavy (non-hydrogen) atoms. The number of carbonyl (C=O) groups is 1. The molecule has 5 aliphatic rings. The molecule has 1 atom stereocenters. The zero-order valence-corrected chi connectivity index (χ0v) is 18.5. The van der Waals surface area contributed by atoms with E-state index in [1.807, 2.05) is 24.3 Å². The van der Waals surface area contributed by atoms with Crippen molar-refractivity contribution in [2.24, 2.45) is 29.6 Å². The van der Waals surface area contributed by atoms with E-state index in [-0.39, 0.29) is 5.91 Å². The normalized spacial score (nSPS) is 35.4. The maximum Gasteiger partial charge on any atom is 0.220 e. The van der Waals surface area contributed by atoms with Crippen LogP contribution >= 0.6 is 0 Å². The number of amides is 1. The molecule has 4 bridgehead atoms. The number of rotatable bonds is 7. The van der Waals surface area contributed by atoms with Gasteiger partial charge in [-0.15, -0.1) is 0 Å². The van der Waals surface area contributed by atoms with Gasteiger partial charge in [-0.3, -0.25) is 9.69 Å². The minimum atomic E-state index is 0.185. The second kappa shape index (κ2) is 8.90. The third kappa shape index (κ3) is 4.39. The van der Waals surface area contributed by atoms with Gasteiger partial charge in [0.05, 0.1) is 7.11 Å². The highest BCUT2D eigenvalue weighted by molar-refractivity contribution is 5.75. The van der Waals surface area contributed by atoms with Gasteiger partial charge in [0.2, 0.25) is 5.91 Å². The highest BCUT2D eigenvalue weighted by atomic mass is 16.5. The Hall–Kier alpha value is -1.55. The monoisotopic (exact) mass is 410 g/mol. The van der Waals surface area contributed by atoms with Gasteiger partial charge in [-0.25, -0.2) is 0 Å². The van der Waals surface area contributed by atoms with Crippen LogP contribution in [0, 0.1) is 29.6 Å². The Morgan fingerprint density at radius 2 is 1.90 bits per heavy atom. The average molecular weight is 411 g/mol. The number of nitrogens with one attached hydrogen (secondary N) is 1. The van der Waals surface area contributed by atoms with Gasteiger partial charge in [-0.1, -0.05) is 12.1 Å². The number of likely N-dealkylation sites (tertiary alicyclic amines) is 1. The molecule has 1 aromatic rings. The first-order valence-corrected chi connectivity index (χ1v) is 12.3. The van der Waals surface area contributed by atoms with Crippen LogP contribution in [0.5, 0.6) is 5.75 Å². The van der Waals surface area contributed by atoms with Gasteiger partial charge in [-0.2, -0.15) is 0 Å². The Labute approximate surface area is 181 Å². The summed E-state index contributed by atoms with van der Waals surface area (Å²) in [5.41, 5.74) is 1.09. The SMILES string of the molecule is COc1cccc(CNC(=O)CC[C@H]2CCCN(C3C4CC5CC(C4)CC3C5)C2)c1. The van der Waals surface area contributed by atoms with Crippen molar-refractivity contribution < 1.29 is 9.53 Å². The Bertz CT molecular complexity index is 720. The summed E-state index contributed by atoms with van der Waals surface area (Å²) in [4.78, 5) is 15.3. The lowest BCUT2D eigenvalue weighted by molar-refractivity contribution is -0.121. The fourth-order valence-electron chi connectivity index (χ4n) is 7.50. The van der Waals surface area contributed by atoms with Gasteiger partial charge in [0.1, 0.15) is 5.75 Å². The molecule has 1 amide bonds. The van der Waals surface area contributed by atoms with Crippen molar-refractivity contribution in [2.45, 2.75) is 70.4 Å². The van der Waals surface area contributed by atoms with E-state index in [1.54, 1.807) is 7.11 Å². The summed E-state index contributed by atoms with van der Waals surface area (Å²) in [5, 5.41) is 3.10. The van der Waals surface area contributed by atoms with Crippen LogP contribution < -0.4 is 10.1 Å². The van der Waals surface area contributed by atoms with Gasteiger partial charge in [-0.05, 0) is 105 Å². The molecular formula is C26H38N2O2. The van der Waals surface area contributed by atoms with Crippen molar-refractivity contribution in [2.75, 3.05) is 20.2 Å². The van der Waals surface area contributed by atoms with E-state index in [1.165, 1.54) is 58.0 Å². The number of methoxy groups -OCH3 is 1. The molecule has 164 valence electrons. The van der Waals surface area contributed by atoms with Gasteiger partial charge in [0.15, 0.2) is 0 Å². The Morgan fingerprint density at radius 3 is 2.63 bits per heavy atom. The molecule has 0 unspecified atom stereocenters. The zero-order chi connectivity index (χ0) is 20.5. The molecule has 1 aromatic carbocycles. The quantitative estimate of drug-likeness (QED) is 0.713. The first-order valence-electron chi connectivity index (χ1n) is 12.3. The molecule has 6 rings (SSSR count). The van der Waals surface area contributed by atoms with E-state index in [0.29, 0.717) is 18.9 Å². The highest BCUT2D eigenvalue weighted by Crippen LogP contribution is 2.55. The minimum Gasteiger partial charge on any atom is -0.497 e. The Kier molecular flexibility index (Phi) is 6.04. The second-order valence-electron chi connectivity index (χ2n) is 10.6. The Balaban J connectivity index is 1.09. The number of piperidine rings is 1. The molecule has 1 N–H and O–H groups in total. The van der Waals surface area contributed by atoms with E-state index in [0.717, 1.165) is 47.4 Å². The topological polar surface area (TPSA) is 41.6 Å². The molecule has 0 radical (unpaired) electrons. The lowest BCUT2D eigenvalue weighted by Gasteiger charge is -2.58. The zero-order valence-electron chi connectivity index (χ0n) is 18.5. The number of ether oxygens (including phenoxy) is 1. The molecule has 4 aliphatic carbocycles. The van der Waals surface area contributed by atoms with Gasteiger partial charge in [0.25, 0.3) is 0 Å². The number of hydrogen-bond donors (Lipinski definition) is 1. The smallest absolute Gasteiger partial charge is 0.220 e. The van der Waals surface area contributed by atoms with Gasteiger partial charge in [0, 0.05) is 25.6 Å². The third-order valence-electron chi connectivity index (χ3n) is 8.55. The van der Waals surface area contributed by atoms with E-state index >= 15 is 0 Å². The molecule has 1 heterocycles. The summed E-state index contributed by atoms with van der Waals surface area (Å²) in [7, 11) is 1.67. The number of carbonyl (C=O) groups excluding carboxylic acids is 1. The molecule has 0 spiro atoms. The van der Waals surface area contributed by atoms with Crippen LogP contribution in [0.15, 0.2) is 24.3 Å². The highest BCUT2D eigenvalue weighted by Gasteiger charge is 2.50. The van der Waals surface area contributed by atoms with E-state index in [9.17, 15) is 4.79 Å². The molecule has 5 fully saturated rings. The van der Waals surface area contributed by atoms with E-state index < -0.39 is 0 Å². The molecule has 4 nitrogen and oxygen atoms in total. The molecule has 4 heteroatoms. The van der Waals surface area contributed by atoms with Crippen LogP contribution in [0.1, 0.15) is 63.4 Å². The fourth-order valence-corrected chi connectivity index (χ4v) is 7.50. The van der Waals surface area contributed by atoms with Gasteiger partial charge < -0.3 is 10.1 Å². The Morgan fingerprint density at radius 1 is 1.13 bits per heavy atom. The third-order valence-corrected chi connectivity index (χ3v) is 8.55. The summed E-state index contributed by atoms with van der Waals surface area (Å²) in [6.45, 7) is 3.11. The average Bonchev–Trinajstić information content (AvgIpc) is 2.76. The van der Waals surface area contributed by atoms with Crippen molar-refractivity contribution in [3.05, 3.63) is 29.8 Å². The fraction of sp³-hybridized carbons (Fsp3) is 0.731. The summed E-state index contributed by atoms with van der Waals surface area (Å²) < 4.78 is 5.27. The van der Waals surface area contributed by atoms with Crippen molar-refractivity contribution in [1.29, 1.82) is 0 Å². The summed E-state index contributed by atoms with van der Waals surface area (Å²) in [5.74, 6) is 5.78. The number of benzene rings is 1. The largest absolute Gasteiger partial charge is 0.497 e. The van der Waals surface area contributed by atoms with Crippen molar-refractivity contribution >= 4 is 5.91 Å². The van der Waals surface area contributed by atoms with Crippen molar-refractivity contribution in [3.8, 4) is 5.75 Å². The van der Waals surface area contributed by atoms with Crippen LogP contribution in [0.2, 0.25) is 0 Å². The number of nitrogens with zero attached hydrogens (tertiary/aromatic N) is 1. The first kappa shape index (κ1) is 20.4. The number of hydrogen-bond acceptors (Lipinski definition) is 3. The molecule has 1 saturated heterocycles. The summed E-state index contributed by atoms with van der Waals surface area (Å²) in [6.07, 6.45) is 11.9. The first-order chi connectivity index (χ1) is 14.7. The lowest BCUT2D eigenvalue weighted by Crippen LogP contribution is -2.57. The van der Waals surface area contributed by atoms with Gasteiger partial charge >= 0.3 is 0 Å². The summed E-state index contributed by atoms with van der Waals surface area (Å²) in [6, 6.07) is 8.80. The predicted octanol–water partition coefficient (Wildman–Crippen LogP) is 4.63. The lowest BCUT2D eigenvalue weighted by atomic mass is 9.53. The van der Waals surface area contributed by atoms with Crippen LogP contribution in [0.25, 0.3) is 0 Å². The van der Waals surface area contributed by atoms with Crippen molar-refractivity contribution in [1.82, 2.24) is 10.2 Å². The predicted molar refractivity (Wildman–Crippen MR) is 119 cm³/mol. The molecule has 0 aromatic heterocycles.